The molecule has 1 aliphatic rings. The van der Waals surface area contributed by atoms with Gasteiger partial charge < -0.3 is 4.98 Å². The minimum atomic E-state index is -0.213. The lowest BCUT2D eigenvalue weighted by atomic mass is 9.86. The summed E-state index contributed by atoms with van der Waals surface area (Å²) in [6.45, 7) is 5.82. The molecule has 0 radical (unpaired) electrons. The van der Waals surface area contributed by atoms with E-state index in [0.29, 0.717) is 36.7 Å². The zero-order chi connectivity index (χ0) is 19.7. The molecule has 2 atom stereocenters. The summed E-state index contributed by atoms with van der Waals surface area (Å²) in [4.78, 5) is 26.1. The number of benzene rings is 1. The van der Waals surface area contributed by atoms with E-state index in [4.69, 9.17) is 0 Å². The Bertz CT molecular complexity index is 1050. The molecular weight excluding hydrogens is 355 g/mol. The smallest absolute Gasteiger partial charge is 0.251 e. The summed E-state index contributed by atoms with van der Waals surface area (Å²) in [5, 5.41) is 0. The second-order valence-electron chi connectivity index (χ2n) is 7.45. The van der Waals surface area contributed by atoms with Gasteiger partial charge in [0.05, 0.1) is 11.4 Å². The average Bonchev–Trinajstić information content (AvgIpc) is 3.05. The number of hydrogen-bond donors (Lipinski definition) is 1. The first-order valence-electron chi connectivity index (χ1n) is 9.47. The summed E-state index contributed by atoms with van der Waals surface area (Å²) in [5.41, 5.74) is 3.18. The quantitative estimate of drug-likeness (QED) is 0.757. The van der Waals surface area contributed by atoms with Crippen LogP contribution in [-0.4, -0.2) is 32.9 Å². The molecule has 28 heavy (non-hydrogen) atoms. The van der Waals surface area contributed by atoms with Gasteiger partial charge >= 0.3 is 0 Å². The number of pyridine rings is 1. The van der Waals surface area contributed by atoms with E-state index in [1.807, 2.05) is 37.3 Å². The van der Waals surface area contributed by atoms with Gasteiger partial charge in [0.2, 0.25) is 0 Å². The summed E-state index contributed by atoms with van der Waals surface area (Å²) in [6, 6.07) is 14.4. The van der Waals surface area contributed by atoms with Crippen molar-refractivity contribution < 1.29 is 4.39 Å². The van der Waals surface area contributed by atoms with E-state index in [9.17, 15) is 9.18 Å². The molecule has 3 heterocycles. The highest BCUT2D eigenvalue weighted by Crippen LogP contribution is 2.40. The molecule has 0 unspecified atom stereocenters. The van der Waals surface area contributed by atoms with Crippen molar-refractivity contribution >= 4 is 0 Å². The third-order valence-electron chi connectivity index (χ3n) is 5.29. The SMILES string of the molecule is Cc1cccc(CN2C[C@@H](c3cc(=O)[nH]c(C)n3)[C@H](c3ccccc3F)C2)n1. The van der Waals surface area contributed by atoms with Crippen molar-refractivity contribution in [1.29, 1.82) is 0 Å². The largest absolute Gasteiger partial charge is 0.311 e. The molecule has 5 nitrogen and oxygen atoms in total. The number of aryl methyl sites for hydroxylation is 2. The van der Waals surface area contributed by atoms with Gasteiger partial charge in [0.15, 0.2) is 0 Å². The van der Waals surface area contributed by atoms with Gasteiger partial charge in [0.25, 0.3) is 5.56 Å². The molecule has 2 aromatic heterocycles. The molecule has 0 amide bonds. The molecule has 0 aliphatic carbocycles. The van der Waals surface area contributed by atoms with Crippen LogP contribution in [0.4, 0.5) is 4.39 Å². The summed E-state index contributed by atoms with van der Waals surface area (Å²) in [6.07, 6.45) is 0. The summed E-state index contributed by atoms with van der Waals surface area (Å²) in [5.74, 6) is 0.241. The van der Waals surface area contributed by atoms with Crippen molar-refractivity contribution in [1.82, 2.24) is 19.9 Å². The molecule has 0 saturated carbocycles. The Kier molecular flexibility index (Phi) is 5.05. The number of aromatic nitrogens is 3. The summed E-state index contributed by atoms with van der Waals surface area (Å²) in [7, 11) is 0. The van der Waals surface area contributed by atoms with E-state index >= 15 is 0 Å². The lowest BCUT2D eigenvalue weighted by molar-refractivity contribution is 0.318. The molecule has 1 fully saturated rings. The predicted octanol–water partition coefficient (Wildman–Crippen LogP) is 3.30. The normalized spacial score (nSPS) is 19.8. The fourth-order valence-electron chi connectivity index (χ4n) is 4.11. The van der Waals surface area contributed by atoms with Gasteiger partial charge in [0, 0.05) is 43.2 Å². The first kappa shape index (κ1) is 18.5. The van der Waals surface area contributed by atoms with E-state index in [1.165, 1.54) is 6.07 Å². The number of aromatic amines is 1. The second kappa shape index (κ2) is 7.64. The Balaban J connectivity index is 1.68. The average molecular weight is 378 g/mol. The first-order valence-corrected chi connectivity index (χ1v) is 9.47. The third-order valence-corrected chi connectivity index (χ3v) is 5.29. The molecule has 4 rings (SSSR count). The number of H-pyrrole nitrogens is 1. The van der Waals surface area contributed by atoms with Crippen LogP contribution in [0.15, 0.2) is 53.3 Å². The van der Waals surface area contributed by atoms with Crippen molar-refractivity contribution in [3.8, 4) is 0 Å². The van der Waals surface area contributed by atoms with Crippen molar-refractivity contribution in [2.45, 2.75) is 32.2 Å². The monoisotopic (exact) mass is 378 g/mol. The van der Waals surface area contributed by atoms with Gasteiger partial charge in [-0.2, -0.15) is 0 Å². The van der Waals surface area contributed by atoms with Crippen LogP contribution in [0.25, 0.3) is 0 Å². The van der Waals surface area contributed by atoms with Gasteiger partial charge in [-0.3, -0.25) is 14.7 Å². The van der Waals surface area contributed by atoms with E-state index in [2.05, 4.69) is 19.9 Å². The van der Waals surface area contributed by atoms with Crippen LogP contribution in [0.5, 0.6) is 0 Å². The van der Waals surface area contributed by atoms with E-state index in [0.717, 1.165) is 11.4 Å². The number of nitrogens with one attached hydrogen (secondary N) is 1. The fraction of sp³-hybridized carbons (Fsp3) is 0.318. The highest BCUT2D eigenvalue weighted by atomic mass is 19.1. The van der Waals surface area contributed by atoms with Gasteiger partial charge in [-0.1, -0.05) is 24.3 Å². The van der Waals surface area contributed by atoms with Crippen LogP contribution < -0.4 is 5.56 Å². The lowest BCUT2D eigenvalue weighted by Gasteiger charge is -2.19. The van der Waals surface area contributed by atoms with Crippen LogP contribution in [-0.2, 0) is 6.54 Å². The van der Waals surface area contributed by atoms with Crippen LogP contribution in [0.2, 0.25) is 0 Å². The van der Waals surface area contributed by atoms with Crippen LogP contribution in [0.3, 0.4) is 0 Å². The Morgan fingerprint density at radius 3 is 2.61 bits per heavy atom. The fourth-order valence-corrected chi connectivity index (χ4v) is 4.11. The van der Waals surface area contributed by atoms with Gasteiger partial charge in [-0.05, 0) is 37.6 Å². The molecule has 1 saturated heterocycles. The van der Waals surface area contributed by atoms with E-state index in [-0.39, 0.29) is 23.2 Å². The highest BCUT2D eigenvalue weighted by Gasteiger charge is 2.37. The van der Waals surface area contributed by atoms with Gasteiger partial charge in [-0.15, -0.1) is 0 Å². The molecule has 3 aromatic rings. The van der Waals surface area contributed by atoms with E-state index in [1.54, 1.807) is 19.1 Å². The number of halogens is 1. The minimum absolute atomic E-state index is 0.0530. The topological polar surface area (TPSA) is 61.9 Å². The molecule has 144 valence electrons. The molecule has 1 aromatic carbocycles. The Morgan fingerprint density at radius 2 is 1.86 bits per heavy atom. The molecule has 0 spiro atoms. The molecule has 1 N–H and O–H groups in total. The van der Waals surface area contributed by atoms with Crippen molar-refractivity contribution in [3.05, 3.63) is 93.2 Å². The molecular formula is C22H23FN4O. The van der Waals surface area contributed by atoms with Crippen LogP contribution in [0.1, 0.15) is 40.3 Å². The maximum atomic E-state index is 14.6. The number of hydrogen-bond acceptors (Lipinski definition) is 4. The second-order valence-corrected chi connectivity index (χ2v) is 7.45. The van der Waals surface area contributed by atoms with E-state index < -0.39 is 0 Å². The zero-order valence-corrected chi connectivity index (χ0v) is 16.0. The lowest BCUT2D eigenvalue weighted by Crippen LogP contribution is -2.21. The minimum Gasteiger partial charge on any atom is -0.311 e. The predicted molar refractivity (Wildman–Crippen MR) is 106 cm³/mol. The van der Waals surface area contributed by atoms with Crippen molar-refractivity contribution in [2.75, 3.05) is 13.1 Å². The summed E-state index contributed by atoms with van der Waals surface area (Å²) < 4.78 is 14.6. The van der Waals surface area contributed by atoms with Crippen molar-refractivity contribution in [3.63, 3.8) is 0 Å². The molecule has 6 heteroatoms. The Labute approximate surface area is 163 Å². The highest BCUT2D eigenvalue weighted by molar-refractivity contribution is 5.29. The third kappa shape index (κ3) is 3.87. The zero-order valence-electron chi connectivity index (χ0n) is 16.0. The maximum Gasteiger partial charge on any atom is 0.251 e. The Morgan fingerprint density at radius 1 is 1.07 bits per heavy atom. The number of nitrogens with zero attached hydrogens (tertiary/aromatic N) is 3. The standard InChI is InChI=1S/C22H23FN4O/c1-14-6-5-7-16(24-14)11-27-12-18(17-8-3-4-9-20(17)23)19(13-27)21-10-22(28)26-15(2)25-21/h3-10,18-19H,11-13H2,1-2H3,(H,25,26,28)/t18-,19+/m0/s1. The van der Waals surface area contributed by atoms with Gasteiger partial charge in [-0.25, -0.2) is 9.37 Å². The van der Waals surface area contributed by atoms with Gasteiger partial charge in [0.1, 0.15) is 11.6 Å². The maximum absolute atomic E-state index is 14.6. The number of rotatable bonds is 4. The summed E-state index contributed by atoms with van der Waals surface area (Å²) >= 11 is 0. The molecule has 0 bridgehead atoms. The van der Waals surface area contributed by atoms with Crippen LogP contribution in [0, 0.1) is 19.7 Å². The number of likely N-dealkylation sites (tertiary alicyclic amines) is 1. The molecule has 1 aliphatic heterocycles. The first-order chi connectivity index (χ1) is 13.5. The van der Waals surface area contributed by atoms with Crippen LogP contribution >= 0.6 is 0 Å². The Hall–Kier alpha value is -2.86. The van der Waals surface area contributed by atoms with Crippen molar-refractivity contribution in [2.24, 2.45) is 0 Å².